The topological polar surface area (TPSA) is 90.7 Å². The molecule has 2 heterocycles. The van der Waals surface area contributed by atoms with Gasteiger partial charge >= 0.3 is 0 Å². The Balaban J connectivity index is 1.52. The van der Waals surface area contributed by atoms with Crippen molar-refractivity contribution in [2.75, 3.05) is 12.1 Å². The second-order valence-corrected chi connectivity index (χ2v) is 8.03. The summed E-state index contributed by atoms with van der Waals surface area (Å²) in [4.78, 5) is 25.7. The molecule has 0 saturated heterocycles. The number of thiophene rings is 1. The fourth-order valence-corrected chi connectivity index (χ4v) is 4.91. The van der Waals surface area contributed by atoms with E-state index in [2.05, 4.69) is 5.32 Å². The quantitative estimate of drug-likeness (QED) is 0.765. The molecule has 1 aromatic carbocycles. The van der Waals surface area contributed by atoms with Gasteiger partial charge < -0.3 is 20.5 Å². The zero-order chi connectivity index (χ0) is 19.5. The number of fused-ring (bicyclic) bond motifs is 2. The van der Waals surface area contributed by atoms with Crippen molar-refractivity contribution in [3.63, 3.8) is 0 Å². The summed E-state index contributed by atoms with van der Waals surface area (Å²) in [7, 11) is 0. The van der Waals surface area contributed by atoms with E-state index in [9.17, 15) is 9.59 Å². The molecule has 1 aromatic heterocycles. The average Bonchev–Trinajstić information content (AvgIpc) is 3.24. The second-order valence-electron chi connectivity index (χ2n) is 6.92. The van der Waals surface area contributed by atoms with E-state index in [-0.39, 0.29) is 12.7 Å². The minimum atomic E-state index is -0.479. The van der Waals surface area contributed by atoms with E-state index in [1.54, 1.807) is 6.08 Å². The maximum absolute atomic E-state index is 12.4. The Morgan fingerprint density at radius 1 is 1.07 bits per heavy atom. The highest BCUT2D eigenvalue weighted by molar-refractivity contribution is 7.17. The van der Waals surface area contributed by atoms with Gasteiger partial charge in [-0.1, -0.05) is 18.9 Å². The number of nitrogens with two attached hydrogens (primary N) is 1. The zero-order valence-corrected chi connectivity index (χ0v) is 16.3. The molecular formula is C21H22N2O4S. The number of ether oxygens (including phenoxy) is 2. The van der Waals surface area contributed by atoms with Gasteiger partial charge in [0.1, 0.15) is 5.00 Å². The van der Waals surface area contributed by atoms with E-state index < -0.39 is 5.91 Å². The molecule has 0 spiro atoms. The molecule has 146 valence electrons. The van der Waals surface area contributed by atoms with Crippen LogP contribution >= 0.6 is 11.3 Å². The fourth-order valence-electron chi connectivity index (χ4n) is 3.61. The Labute approximate surface area is 167 Å². The van der Waals surface area contributed by atoms with Gasteiger partial charge in [-0.2, -0.15) is 0 Å². The normalized spacial score (nSPS) is 15.7. The first-order chi connectivity index (χ1) is 13.6. The lowest BCUT2D eigenvalue weighted by atomic mass is 9.96. The predicted octanol–water partition coefficient (Wildman–Crippen LogP) is 3.89. The predicted molar refractivity (Wildman–Crippen MR) is 109 cm³/mol. The lowest BCUT2D eigenvalue weighted by molar-refractivity contribution is -0.111. The molecule has 0 radical (unpaired) electrons. The first-order valence-electron chi connectivity index (χ1n) is 9.45. The minimum absolute atomic E-state index is 0.210. The number of hydrogen-bond donors (Lipinski definition) is 2. The van der Waals surface area contributed by atoms with E-state index in [1.165, 1.54) is 28.7 Å². The number of rotatable bonds is 4. The summed E-state index contributed by atoms with van der Waals surface area (Å²) in [6.07, 6.45) is 9.42. The van der Waals surface area contributed by atoms with Crippen molar-refractivity contribution < 1.29 is 19.1 Å². The lowest BCUT2D eigenvalue weighted by Crippen LogP contribution is -2.17. The fraction of sp³-hybridized carbons (Fsp3) is 0.333. The molecule has 1 aliphatic carbocycles. The van der Waals surface area contributed by atoms with Crippen LogP contribution in [-0.2, 0) is 17.6 Å². The average molecular weight is 398 g/mol. The highest BCUT2D eigenvalue weighted by Gasteiger charge is 2.23. The van der Waals surface area contributed by atoms with Gasteiger partial charge in [-0.3, -0.25) is 9.59 Å². The summed E-state index contributed by atoms with van der Waals surface area (Å²) < 4.78 is 10.6. The Morgan fingerprint density at radius 2 is 1.86 bits per heavy atom. The number of amides is 2. The van der Waals surface area contributed by atoms with Crippen LogP contribution in [0.4, 0.5) is 5.00 Å². The highest BCUT2D eigenvalue weighted by Crippen LogP contribution is 2.37. The van der Waals surface area contributed by atoms with Crippen LogP contribution < -0.4 is 20.5 Å². The van der Waals surface area contributed by atoms with E-state index in [1.807, 2.05) is 18.2 Å². The molecule has 0 atom stereocenters. The Kier molecular flexibility index (Phi) is 5.34. The van der Waals surface area contributed by atoms with Crippen LogP contribution in [0, 0.1) is 0 Å². The van der Waals surface area contributed by atoms with Crippen molar-refractivity contribution in [1.29, 1.82) is 0 Å². The summed E-state index contributed by atoms with van der Waals surface area (Å²) in [5.41, 5.74) is 7.96. The molecule has 6 nitrogen and oxygen atoms in total. The summed E-state index contributed by atoms with van der Waals surface area (Å²) in [5.74, 6) is 0.586. The van der Waals surface area contributed by atoms with Crippen LogP contribution in [-0.4, -0.2) is 18.6 Å². The molecule has 2 aromatic rings. The van der Waals surface area contributed by atoms with Crippen LogP contribution in [0.2, 0.25) is 0 Å². The van der Waals surface area contributed by atoms with Crippen molar-refractivity contribution in [3.05, 3.63) is 45.8 Å². The SMILES string of the molecule is NC(=O)c1c(NC(=O)/C=C\c2ccc3c(c2)OCO3)sc2c1CCCCCC2. The standard InChI is InChI=1S/C21H22N2O4S/c22-20(25)19-14-5-3-1-2-4-6-17(14)28-21(19)23-18(24)10-8-13-7-9-15-16(11-13)27-12-26-15/h7-11H,1-6,12H2,(H2,22,25)(H,23,24)/b10-8-. The van der Waals surface area contributed by atoms with Crippen LogP contribution in [0.1, 0.15) is 52.0 Å². The summed E-state index contributed by atoms with van der Waals surface area (Å²) in [6.45, 7) is 0.210. The molecule has 0 unspecified atom stereocenters. The number of aryl methyl sites for hydroxylation is 1. The van der Waals surface area contributed by atoms with Crippen LogP contribution in [0.25, 0.3) is 6.08 Å². The third kappa shape index (κ3) is 3.89. The molecule has 0 saturated carbocycles. The van der Waals surface area contributed by atoms with Gasteiger partial charge in [-0.05, 0) is 55.0 Å². The van der Waals surface area contributed by atoms with Gasteiger partial charge in [0, 0.05) is 11.0 Å². The van der Waals surface area contributed by atoms with Crippen molar-refractivity contribution in [3.8, 4) is 11.5 Å². The molecule has 28 heavy (non-hydrogen) atoms. The summed E-state index contributed by atoms with van der Waals surface area (Å²) >= 11 is 1.48. The maximum atomic E-state index is 12.4. The first-order valence-corrected chi connectivity index (χ1v) is 10.3. The van der Waals surface area contributed by atoms with Crippen LogP contribution in [0.5, 0.6) is 11.5 Å². The Hall–Kier alpha value is -2.80. The van der Waals surface area contributed by atoms with Gasteiger partial charge in [-0.25, -0.2) is 0 Å². The lowest BCUT2D eigenvalue weighted by Gasteiger charge is -2.10. The third-order valence-corrected chi connectivity index (χ3v) is 6.19. The number of nitrogens with one attached hydrogen (secondary N) is 1. The second kappa shape index (κ2) is 8.06. The maximum Gasteiger partial charge on any atom is 0.251 e. The van der Waals surface area contributed by atoms with Crippen molar-refractivity contribution in [2.45, 2.75) is 38.5 Å². The molecule has 1 aliphatic heterocycles. The largest absolute Gasteiger partial charge is 0.454 e. The smallest absolute Gasteiger partial charge is 0.251 e. The zero-order valence-electron chi connectivity index (χ0n) is 15.5. The highest BCUT2D eigenvalue weighted by atomic mass is 32.1. The van der Waals surface area contributed by atoms with Crippen LogP contribution in [0.15, 0.2) is 24.3 Å². The van der Waals surface area contributed by atoms with Crippen molar-refractivity contribution >= 4 is 34.2 Å². The number of carbonyl (C=O) groups is 2. The number of hydrogen-bond acceptors (Lipinski definition) is 5. The number of carbonyl (C=O) groups excluding carboxylic acids is 2. The monoisotopic (exact) mass is 398 g/mol. The van der Waals surface area contributed by atoms with Gasteiger partial charge in [0.2, 0.25) is 12.7 Å². The van der Waals surface area contributed by atoms with Crippen LogP contribution in [0.3, 0.4) is 0 Å². The third-order valence-electron chi connectivity index (χ3n) is 4.98. The molecule has 2 aliphatic rings. The number of benzene rings is 1. The molecule has 2 amide bonds. The van der Waals surface area contributed by atoms with Crippen molar-refractivity contribution in [2.24, 2.45) is 5.73 Å². The van der Waals surface area contributed by atoms with Gasteiger partial charge in [0.25, 0.3) is 5.91 Å². The summed E-state index contributed by atoms with van der Waals surface area (Å²) in [6, 6.07) is 5.48. The molecule has 0 bridgehead atoms. The molecule has 7 heteroatoms. The minimum Gasteiger partial charge on any atom is -0.454 e. The Morgan fingerprint density at radius 3 is 2.68 bits per heavy atom. The van der Waals surface area contributed by atoms with E-state index >= 15 is 0 Å². The number of primary amides is 1. The molecule has 3 N–H and O–H groups in total. The van der Waals surface area contributed by atoms with Gasteiger partial charge in [0.05, 0.1) is 5.56 Å². The van der Waals surface area contributed by atoms with E-state index in [0.717, 1.165) is 43.2 Å². The first kappa shape index (κ1) is 18.6. The molecule has 4 rings (SSSR count). The van der Waals surface area contributed by atoms with Gasteiger partial charge in [-0.15, -0.1) is 11.3 Å². The van der Waals surface area contributed by atoms with E-state index in [4.69, 9.17) is 15.2 Å². The van der Waals surface area contributed by atoms with Crippen molar-refractivity contribution in [1.82, 2.24) is 0 Å². The Bertz CT molecular complexity index is 948. The van der Waals surface area contributed by atoms with Gasteiger partial charge in [0.15, 0.2) is 11.5 Å². The summed E-state index contributed by atoms with van der Waals surface area (Å²) in [5, 5.41) is 3.40. The van der Waals surface area contributed by atoms with E-state index in [0.29, 0.717) is 22.1 Å². The molecular weight excluding hydrogens is 376 g/mol. The number of anilines is 1. The molecule has 0 fully saturated rings.